The molecule has 0 saturated carbocycles. The quantitative estimate of drug-likeness (QED) is 0.581. The SMILES string of the molecule is CCC(Oc1cccc(C(C)=O)c1)C(=O)OC. The van der Waals surface area contributed by atoms with Crippen molar-refractivity contribution < 1.29 is 19.1 Å². The van der Waals surface area contributed by atoms with Crippen LogP contribution in [0, 0.1) is 0 Å². The van der Waals surface area contributed by atoms with Gasteiger partial charge in [-0.15, -0.1) is 0 Å². The Hall–Kier alpha value is -1.84. The summed E-state index contributed by atoms with van der Waals surface area (Å²) in [4.78, 5) is 22.5. The lowest BCUT2D eigenvalue weighted by molar-refractivity contribution is -0.148. The normalized spacial score (nSPS) is 11.7. The maximum absolute atomic E-state index is 11.4. The van der Waals surface area contributed by atoms with Gasteiger partial charge in [0.2, 0.25) is 0 Å². The maximum Gasteiger partial charge on any atom is 0.347 e. The van der Waals surface area contributed by atoms with Crippen LogP contribution < -0.4 is 4.74 Å². The maximum atomic E-state index is 11.4. The smallest absolute Gasteiger partial charge is 0.347 e. The van der Waals surface area contributed by atoms with Crippen LogP contribution in [-0.2, 0) is 9.53 Å². The standard InChI is InChI=1S/C13H16O4/c1-4-12(13(15)16-3)17-11-7-5-6-10(8-11)9(2)14/h5-8,12H,4H2,1-3H3. The highest BCUT2D eigenvalue weighted by Gasteiger charge is 2.18. The van der Waals surface area contributed by atoms with Crippen LogP contribution in [0.4, 0.5) is 0 Å². The number of carbonyl (C=O) groups excluding carboxylic acids is 2. The van der Waals surface area contributed by atoms with Crippen molar-refractivity contribution in [1.82, 2.24) is 0 Å². The molecule has 1 aromatic rings. The highest BCUT2D eigenvalue weighted by Crippen LogP contribution is 2.16. The molecule has 0 saturated heterocycles. The number of methoxy groups -OCH3 is 1. The van der Waals surface area contributed by atoms with Gasteiger partial charge in [0.25, 0.3) is 0 Å². The molecule has 0 spiro atoms. The molecule has 1 aromatic carbocycles. The average molecular weight is 236 g/mol. The van der Waals surface area contributed by atoms with E-state index in [0.29, 0.717) is 17.7 Å². The fraction of sp³-hybridized carbons (Fsp3) is 0.385. The topological polar surface area (TPSA) is 52.6 Å². The van der Waals surface area contributed by atoms with Gasteiger partial charge < -0.3 is 9.47 Å². The van der Waals surface area contributed by atoms with E-state index in [9.17, 15) is 9.59 Å². The molecule has 0 amide bonds. The van der Waals surface area contributed by atoms with E-state index >= 15 is 0 Å². The molecule has 4 heteroatoms. The molecule has 1 atom stereocenters. The fourth-order valence-electron chi connectivity index (χ4n) is 1.38. The van der Waals surface area contributed by atoms with Crippen LogP contribution in [0.3, 0.4) is 0 Å². The van der Waals surface area contributed by atoms with Gasteiger partial charge in [0.05, 0.1) is 7.11 Å². The van der Waals surface area contributed by atoms with E-state index in [1.54, 1.807) is 24.3 Å². The summed E-state index contributed by atoms with van der Waals surface area (Å²) in [6.45, 7) is 3.31. The van der Waals surface area contributed by atoms with Crippen LogP contribution in [0.25, 0.3) is 0 Å². The molecule has 0 bridgehead atoms. The van der Waals surface area contributed by atoms with Gasteiger partial charge in [-0.25, -0.2) is 4.79 Å². The zero-order valence-corrected chi connectivity index (χ0v) is 10.2. The lowest BCUT2D eigenvalue weighted by Crippen LogP contribution is -2.27. The molecule has 0 N–H and O–H groups in total. The summed E-state index contributed by atoms with van der Waals surface area (Å²) >= 11 is 0. The van der Waals surface area contributed by atoms with Crippen LogP contribution in [0.15, 0.2) is 24.3 Å². The molecular weight excluding hydrogens is 220 g/mol. The lowest BCUT2D eigenvalue weighted by atomic mass is 10.1. The first-order valence-corrected chi connectivity index (χ1v) is 5.44. The molecule has 0 aliphatic heterocycles. The Morgan fingerprint density at radius 1 is 1.35 bits per heavy atom. The first-order valence-electron chi connectivity index (χ1n) is 5.44. The summed E-state index contributed by atoms with van der Waals surface area (Å²) < 4.78 is 10.1. The zero-order chi connectivity index (χ0) is 12.8. The van der Waals surface area contributed by atoms with Crippen LogP contribution in [0.1, 0.15) is 30.6 Å². The monoisotopic (exact) mass is 236 g/mol. The molecule has 0 aliphatic carbocycles. The molecule has 92 valence electrons. The van der Waals surface area contributed by atoms with Crippen LogP contribution in [-0.4, -0.2) is 25.0 Å². The van der Waals surface area contributed by atoms with Crippen molar-refractivity contribution in [2.75, 3.05) is 7.11 Å². The highest BCUT2D eigenvalue weighted by atomic mass is 16.6. The molecular formula is C13H16O4. The number of benzene rings is 1. The molecule has 0 aliphatic rings. The van der Waals surface area contributed by atoms with Crippen molar-refractivity contribution >= 4 is 11.8 Å². The molecule has 0 heterocycles. The van der Waals surface area contributed by atoms with E-state index in [2.05, 4.69) is 4.74 Å². The summed E-state index contributed by atoms with van der Waals surface area (Å²) in [7, 11) is 1.32. The van der Waals surface area contributed by atoms with E-state index < -0.39 is 12.1 Å². The number of esters is 1. The summed E-state index contributed by atoms with van der Waals surface area (Å²) in [6.07, 6.45) is -0.126. The van der Waals surface area contributed by atoms with Gasteiger partial charge in [0, 0.05) is 5.56 Å². The molecule has 1 rings (SSSR count). The predicted octanol–water partition coefficient (Wildman–Crippen LogP) is 2.22. The van der Waals surface area contributed by atoms with Crippen LogP contribution in [0.5, 0.6) is 5.75 Å². The number of hydrogen-bond donors (Lipinski definition) is 0. The number of ether oxygens (including phenoxy) is 2. The molecule has 0 aromatic heterocycles. The van der Waals surface area contributed by atoms with E-state index in [0.717, 1.165) is 0 Å². The molecule has 0 fully saturated rings. The van der Waals surface area contributed by atoms with Crippen molar-refractivity contribution in [2.24, 2.45) is 0 Å². The third kappa shape index (κ3) is 3.59. The van der Waals surface area contributed by atoms with Crippen molar-refractivity contribution in [3.8, 4) is 5.75 Å². The van der Waals surface area contributed by atoms with Crippen LogP contribution >= 0.6 is 0 Å². The van der Waals surface area contributed by atoms with Gasteiger partial charge >= 0.3 is 5.97 Å². The summed E-state index contributed by atoms with van der Waals surface area (Å²) in [5.74, 6) is 0.0391. The van der Waals surface area contributed by atoms with Crippen LogP contribution in [0.2, 0.25) is 0 Å². The van der Waals surface area contributed by atoms with Gasteiger partial charge in [-0.1, -0.05) is 19.1 Å². The minimum Gasteiger partial charge on any atom is -0.479 e. The van der Waals surface area contributed by atoms with Crippen molar-refractivity contribution in [3.05, 3.63) is 29.8 Å². The second kappa shape index (κ2) is 6.03. The Kier molecular flexibility index (Phi) is 4.69. The van der Waals surface area contributed by atoms with Gasteiger partial charge in [0.1, 0.15) is 5.75 Å². The Labute approximate surface area is 101 Å². The molecule has 1 unspecified atom stereocenters. The lowest BCUT2D eigenvalue weighted by Gasteiger charge is -2.15. The summed E-state index contributed by atoms with van der Waals surface area (Å²) in [6, 6.07) is 6.75. The summed E-state index contributed by atoms with van der Waals surface area (Å²) in [5.41, 5.74) is 0.558. The zero-order valence-electron chi connectivity index (χ0n) is 10.2. The Balaban J connectivity index is 2.83. The second-order valence-electron chi connectivity index (χ2n) is 3.62. The molecule has 17 heavy (non-hydrogen) atoms. The summed E-state index contributed by atoms with van der Waals surface area (Å²) in [5, 5.41) is 0. The average Bonchev–Trinajstić information content (AvgIpc) is 2.35. The van der Waals surface area contributed by atoms with Gasteiger partial charge in [0.15, 0.2) is 11.9 Å². The number of carbonyl (C=O) groups is 2. The van der Waals surface area contributed by atoms with Crippen molar-refractivity contribution in [3.63, 3.8) is 0 Å². The van der Waals surface area contributed by atoms with Gasteiger partial charge in [-0.2, -0.15) is 0 Å². The molecule has 0 radical (unpaired) electrons. The Morgan fingerprint density at radius 3 is 2.59 bits per heavy atom. The predicted molar refractivity (Wildman–Crippen MR) is 63.2 cm³/mol. The van der Waals surface area contributed by atoms with E-state index in [1.165, 1.54) is 14.0 Å². The minimum absolute atomic E-state index is 0.0402. The minimum atomic E-state index is -0.637. The number of rotatable bonds is 5. The van der Waals surface area contributed by atoms with Gasteiger partial charge in [-0.3, -0.25) is 4.79 Å². The third-order valence-electron chi connectivity index (χ3n) is 2.35. The number of Topliss-reactive ketones (excluding diaryl/α,β-unsaturated/α-hetero) is 1. The number of ketones is 1. The van der Waals surface area contributed by atoms with E-state index in [-0.39, 0.29) is 5.78 Å². The molecule has 4 nitrogen and oxygen atoms in total. The second-order valence-corrected chi connectivity index (χ2v) is 3.62. The van der Waals surface area contributed by atoms with E-state index in [4.69, 9.17) is 4.74 Å². The number of hydrogen-bond acceptors (Lipinski definition) is 4. The Bertz CT molecular complexity index is 412. The van der Waals surface area contributed by atoms with E-state index in [1.807, 2.05) is 6.92 Å². The Morgan fingerprint density at radius 2 is 2.06 bits per heavy atom. The third-order valence-corrected chi connectivity index (χ3v) is 2.35. The van der Waals surface area contributed by atoms with Crippen molar-refractivity contribution in [2.45, 2.75) is 26.4 Å². The van der Waals surface area contributed by atoms with Gasteiger partial charge in [-0.05, 0) is 25.5 Å². The largest absolute Gasteiger partial charge is 0.479 e. The highest BCUT2D eigenvalue weighted by molar-refractivity contribution is 5.94. The fourth-order valence-corrected chi connectivity index (χ4v) is 1.38. The van der Waals surface area contributed by atoms with Crippen molar-refractivity contribution in [1.29, 1.82) is 0 Å². The first kappa shape index (κ1) is 13.2. The first-order chi connectivity index (χ1) is 8.08.